The van der Waals surface area contributed by atoms with Crippen molar-refractivity contribution in [2.75, 3.05) is 0 Å². The zero-order valence-electron chi connectivity index (χ0n) is 29.4. The van der Waals surface area contributed by atoms with Crippen LogP contribution in [0.25, 0.3) is 94.7 Å². The third-order valence-electron chi connectivity index (χ3n) is 10.3. The molecule has 3 aromatic heterocycles. The molecule has 0 aliphatic rings. The van der Waals surface area contributed by atoms with E-state index in [4.69, 9.17) is 58.6 Å². The maximum atomic E-state index is 6.72. The Kier molecular flexibility index (Phi) is 7.70. The Balaban J connectivity index is 1.18. The highest BCUT2D eigenvalue weighted by molar-refractivity contribution is 6.68. The van der Waals surface area contributed by atoms with Gasteiger partial charge in [0.05, 0.1) is 16.7 Å². The lowest BCUT2D eigenvalue weighted by Gasteiger charge is -2.20. The second-order valence-corrected chi connectivity index (χ2v) is 13.5. The lowest BCUT2D eigenvalue weighted by atomic mass is 9.60. The molecule has 0 saturated carbocycles. The molecule has 0 spiro atoms. The molecule has 0 N–H and O–H groups in total. The summed E-state index contributed by atoms with van der Waals surface area (Å²) in [5.41, 5.74) is 9.34. The quantitative estimate of drug-likeness (QED) is 0.224. The molecule has 55 heavy (non-hydrogen) atoms. The Morgan fingerprint density at radius 2 is 0.982 bits per heavy atom. The van der Waals surface area contributed by atoms with Crippen LogP contribution < -0.4 is 27.3 Å². The van der Waals surface area contributed by atoms with E-state index in [-0.39, 0.29) is 33.1 Å². The van der Waals surface area contributed by atoms with Crippen LogP contribution in [0.4, 0.5) is 0 Å². The van der Waals surface area contributed by atoms with Crippen molar-refractivity contribution in [3.8, 4) is 51.0 Å². The van der Waals surface area contributed by atoms with Crippen LogP contribution in [-0.4, -0.2) is 58.8 Å². The highest BCUT2D eigenvalue weighted by Gasteiger charge is 2.21. The van der Waals surface area contributed by atoms with E-state index in [2.05, 4.69) is 89.5 Å². The van der Waals surface area contributed by atoms with E-state index >= 15 is 0 Å². The minimum absolute atomic E-state index is 0.116. The lowest BCUT2D eigenvalue weighted by Crippen LogP contribution is -2.55. The van der Waals surface area contributed by atoms with Crippen molar-refractivity contribution in [2.45, 2.75) is 0 Å². The lowest BCUT2D eigenvalue weighted by molar-refractivity contribution is 0.666. The van der Waals surface area contributed by atoms with E-state index in [0.29, 0.717) is 17.2 Å². The fraction of sp³-hybridized carbons (Fsp3) is 0. The molecule has 10 radical (unpaired) electrons. The predicted octanol–water partition coefficient (Wildman–Crippen LogP) is 5.51. The van der Waals surface area contributed by atoms with Gasteiger partial charge in [-0.3, -0.25) is 0 Å². The maximum absolute atomic E-state index is 6.72. The molecule has 0 bridgehead atoms. The highest BCUT2D eigenvalue weighted by Crippen LogP contribution is 2.40. The van der Waals surface area contributed by atoms with Gasteiger partial charge in [-0.05, 0) is 47.5 Å². The number of hydrogen-bond donors (Lipinski definition) is 0. The van der Waals surface area contributed by atoms with Crippen molar-refractivity contribution in [1.82, 2.24) is 19.5 Å². The van der Waals surface area contributed by atoms with E-state index in [0.717, 1.165) is 66.3 Å². The number of aromatic nitrogens is 4. The molecule has 3 heterocycles. The normalized spacial score (nSPS) is 11.6. The average Bonchev–Trinajstić information content (AvgIpc) is 3.78. The minimum atomic E-state index is 0.116. The van der Waals surface area contributed by atoms with Crippen LogP contribution in [0.2, 0.25) is 0 Å². The van der Waals surface area contributed by atoms with Crippen molar-refractivity contribution < 1.29 is 4.42 Å². The Morgan fingerprint density at radius 3 is 1.73 bits per heavy atom. The Hall–Kier alpha value is -6.53. The van der Waals surface area contributed by atoms with Crippen LogP contribution in [-0.2, 0) is 0 Å². The number of hydrogen-bond acceptors (Lipinski definition) is 4. The zero-order chi connectivity index (χ0) is 37.4. The third kappa shape index (κ3) is 5.27. The standard InChI is InChI=1S/C45H23B5N4O/c46-37-36(38(47)40(49)41(50)39(37)48)45-52-43(25-12-5-2-6-13-25)51-44(53-45)27-19-21-35-31(22-27)30-15-9-17-33(42(30)55-35)54-32-16-8-7-14-28(32)29-20-18-26(23-34(29)54)24-10-3-1-4-11-24/h1-23H. The van der Waals surface area contributed by atoms with E-state index in [9.17, 15) is 0 Å². The second-order valence-electron chi connectivity index (χ2n) is 13.5. The topological polar surface area (TPSA) is 56.7 Å². The Morgan fingerprint density at radius 1 is 0.400 bits per heavy atom. The largest absolute Gasteiger partial charge is 0.454 e. The number of rotatable bonds is 5. The Bertz CT molecular complexity index is 3130. The summed E-state index contributed by atoms with van der Waals surface area (Å²) in [5.74, 6) is 1.05. The van der Waals surface area contributed by atoms with Gasteiger partial charge in [-0.1, -0.05) is 114 Å². The first-order chi connectivity index (χ1) is 26.9. The molecular weight excluding hydrogens is 667 g/mol. The summed E-state index contributed by atoms with van der Waals surface area (Å²) >= 11 is 0. The van der Waals surface area contributed by atoms with Gasteiger partial charge in [-0.2, -0.15) is 0 Å². The van der Waals surface area contributed by atoms with Crippen LogP contribution in [0.1, 0.15) is 0 Å². The fourth-order valence-electron chi connectivity index (χ4n) is 7.56. The fourth-order valence-corrected chi connectivity index (χ4v) is 7.56. The monoisotopic (exact) mass is 690 g/mol. The summed E-state index contributed by atoms with van der Waals surface area (Å²) in [5, 5.41) is 4.18. The van der Waals surface area contributed by atoms with Gasteiger partial charge in [0, 0.05) is 38.2 Å². The number of nitrogens with zero attached hydrogens (tertiary/aromatic N) is 4. The maximum Gasteiger partial charge on any atom is 0.164 e. The van der Waals surface area contributed by atoms with Crippen molar-refractivity contribution >= 4 is 110 Å². The van der Waals surface area contributed by atoms with Gasteiger partial charge in [0.1, 0.15) is 44.8 Å². The van der Waals surface area contributed by atoms with Crippen LogP contribution >= 0.6 is 0 Å². The van der Waals surface area contributed by atoms with Gasteiger partial charge >= 0.3 is 0 Å². The van der Waals surface area contributed by atoms with Gasteiger partial charge < -0.3 is 8.98 Å². The van der Waals surface area contributed by atoms with Crippen LogP contribution in [0.3, 0.4) is 0 Å². The first kappa shape index (κ1) is 33.1. The SMILES string of the molecule is [B]c1c([B])c([B])c(-c2nc(-c3ccccc3)nc(-c3ccc4oc5c(-n6c7ccccc7c7ccc(-c8ccccc8)cc76)cccc5c4c3)n2)c([B])c1[B]. The van der Waals surface area contributed by atoms with Crippen LogP contribution in [0, 0.1) is 0 Å². The molecule has 0 atom stereocenters. The molecular formula is C45H23B5N4O. The van der Waals surface area contributed by atoms with Crippen LogP contribution in [0.15, 0.2) is 144 Å². The van der Waals surface area contributed by atoms with E-state index in [1.54, 1.807) is 0 Å². The van der Waals surface area contributed by atoms with Gasteiger partial charge in [0.15, 0.2) is 23.1 Å². The highest BCUT2D eigenvalue weighted by atomic mass is 16.3. The molecule has 7 aromatic carbocycles. The molecule has 10 heteroatoms. The molecule has 0 saturated heterocycles. The number of fused-ring (bicyclic) bond motifs is 6. The van der Waals surface area contributed by atoms with Gasteiger partial charge in [-0.25, -0.2) is 15.0 Å². The smallest absolute Gasteiger partial charge is 0.164 e. The average molecular weight is 690 g/mol. The van der Waals surface area contributed by atoms with Crippen molar-refractivity contribution in [3.63, 3.8) is 0 Å². The molecule has 10 aromatic rings. The van der Waals surface area contributed by atoms with Crippen molar-refractivity contribution in [3.05, 3.63) is 140 Å². The third-order valence-corrected chi connectivity index (χ3v) is 10.3. The van der Waals surface area contributed by atoms with E-state index < -0.39 is 0 Å². The van der Waals surface area contributed by atoms with Gasteiger partial charge in [0.25, 0.3) is 0 Å². The summed E-state index contributed by atoms with van der Waals surface area (Å²) in [4.78, 5) is 14.6. The molecule has 0 amide bonds. The predicted molar refractivity (Wildman–Crippen MR) is 230 cm³/mol. The van der Waals surface area contributed by atoms with E-state index in [1.165, 1.54) is 5.39 Å². The minimum Gasteiger partial charge on any atom is -0.454 e. The summed E-state index contributed by atoms with van der Waals surface area (Å²) in [7, 11) is 31.6. The second kappa shape index (κ2) is 12.8. The molecule has 10 rings (SSSR count). The number of furan rings is 1. The Labute approximate surface area is 323 Å². The van der Waals surface area contributed by atoms with Crippen LogP contribution in [0.5, 0.6) is 0 Å². The number of para-hydroxylation sites is 2. The molecule has 0 unspecified atom stereocenters. The van der Waals surface area contributed by atoms with Gasteiger partial charge in [-0.15, -0.1) is 16.4 Å². The molecule has 0 aliphatic carbocycles. The molecule has 5 nitrogen and oxygen atoms in total. The first-order valence-electron chi connectivity index (χ1n) is 17.7. The summed E-state index contributed by atoms with van der Waals surface area (Å²) in [6, 6.07) is 47.3. The summed E-state index contributed by atoms with van der Waals surface area (Å²) < 4.78 is 9.02. The zero-order valence-corrected chi connectivity index (χ0v) is 29.4. The van der Waals surface area contributed by atoms with Gasteiger partial charge in [0.2, 0.25) is 0 Å². The molecule has 0 aliphatic heterocycles. The van der Waals surface area contributed by atoms with Crippen molar-refractivity contribution in [1.29, 1.82) is 0 Å². The van der Waals surface area contributed by atoms with E-state index in [1.807, 2.05) is 54.6 Å². The first-order valence-corrected chi connectivity index (χ1v) is 17.7. The molecule has 244 valence electrons. The summed E-state index contributed by atoms with van der Waals surface area (Å²) in [6.07, 6.45) is 0. The number of benzene rings is 7. The molecule has 0 fully saturated rings. The van der Waals surface area contributed by atoms with Crippen molar-refractivity contribution in [2.24, 2.45) is 0 Å². The summed E-state index contributed by atoms with van der Waals surface area (Å²) in [6.45, 7) is 0.